The van der Waals surface area contributed by atoms with Gasteiger partial charge in [0.1, 0.15) is 5.78 Å². The summed E-state index contributed by atoms with van der Waals surface area (Å²) in [5.41, 5.74) is 3.28. The van der Waals surface area contributed by atoms with Gasteiger partial charge < -0.3 is 0 Å². The van der Waals surface area contributed by atoms with Crippen LogP contribution in [0, 0.1) is 17.3 Å². The number of ketones is 1. The Morgan fingerprint density at radius 1 is 1.14 bits per heavy atom. The maximum Gasteiger partial charge on any atom is 0.136 e. The highest BCUT2D eigenvalue weighted by Crippen LogP contribution is 2.44. The van der Waals surface area contributed by atoms with Gasteiger partial charge in [0.25, 0.3) is 0 Å². The Kier molecular flexibility index (Phi) is 4.43. The lowest BCUT2D eigenvalue weighted by atomic mass is 9.77. The van der Waals surface area contributed by atoms with Crippen LogP contribution in [0.5, 0.6) is 0 Å². The van der Waals surface area contributed by atoms with Gasteiger partial charge in [-0.15, -0.1) is 0 Å². The van der Waals surface area contributed by atoms with E-state index in [1.165, 1.54) is 36.8 Å². The first-order valence-corrected chi connectivity index (χ1v) is 9.05. The van der Waals surface area contributed by atoms with Crippen molar-refractivity contribution in [1.82, 2.24) is 0 Å². The molecule has 0 heterocycles. The second-order valence-electron chi connectivity index (χ2n) is 8.53. The first-order valence-electron chi connectivity index (χ1n) is 9.05. The molecule has 0 amide bonds. The molecule has 0 spiro atoms. The summed E-state index contributed by atoms with van der Waals surface area (Å²) in [6.45, 7) is 6.96. The zero-order valence-electron chi connectivity index (χ0n) is 14.4. The topological polar surface area (TPSA) is 17.1 Å². The monoisotopic (exact) mass is 298 g/mol. The molecule has 3 rings (SSSR count). The summed E-state index contributed by atoms with van der Waals surface area (Å²) in [7, 11) is 0. The summed E-state index contributed by atoms with van der Waals surface area (Å²) in [6, 6.07) is 8.76. The van der Waals surface area contributed by atoms with E-state index in [1.807, 2.05) is 0 Å². The molecule has 1 heteroatoms. The van der Waals surface area contributed by atoms with Crippen LogP contribution in [-0.2, 0) is 11.2 Å². The van der Waals surface area contributed by atoms with Gasteiger partial charge in [-0.25, -0.2) is 0 Å². The number of rotatable bonds is 3. The fraction of sp³-hybridized carbons (Fsp3) is 0.667. The third-order valence-corrected chi connectivity index (χ3v) is 6.05. The van der Waals surface area contributed by atoms with Crippen molar-refractivity contribution in [3.63, 3.8) is 0 Å². The first kappa shape index (κ1) is 15.8. The number of fused-ring (bicyclic) bond motifs is 1. The SMILES string of the molecule is CC(C)(C)C1CCC(C(=O)CC2CCCc3ccccc32)C1. The number of carbonyl (C=O) groups excluding carboxylic acids is 1. The summed E-state index contributed by atoms with van der Waals surface area (Å²) in [5.74, 6) is 2.07. The van der Waals surface area contributed by atoms with Crippen molar-refractivity contribution < 1.29 is 4.79 Å². The molecule has 2 aliphatic carbocycles. The smallest absolute Gasteiger partial charge is 0.136 e. The van der Waals surface area contributed by atoms with Crippen molar-refractivity contribution in [3.8, 4) is 0 Å². The Balaban J connectivity index is 1.64. The van der Waals surface area contributed by atoms with E-state index in [2.05, 4.69) is 45.0 Å². The molecule has 0 bridgehead atoms. The van der Waals surface area contributed by atoms with Gasteiger partial charge in [-0.3, -0.25) is 4.79 Å². The standard InChI is InChI=1S/C21H30O/c1-21(2,3)18-12-11-17(13-18)20(22)14-16-9-6-8-15-7-4-5-10-19(15)16/h4-5,7,10,16-18H,6,8-9,11-14H2,1-3H3. The van der Waals surface area contributed by atoms with Crippen molar-refractivity contribution in [1.29, 1.82) is 0 Å². The molecule has 1 aromatic carbocycles. The highest BCUT2D eigenvalue weighted by Gasteiger charge is 2.36. The highest BCUT2D eigenvalue weighted by atomic mass is 16.1. The highest BCUT2D eigenvalue weighted by molar-refractivity contribution is 5.82. The predicted octanol–water partition coefficient (Wildman–Crippen LogP) is 5.53. The molecule has 0 aromatic heterocycles. The van der Waals surface area contributed by atoms with Gasteiger partial charge >= 0.3 is 0 Å². The molecule has 120 valence electrons. The lowest BCUT2D eigenvalue weighted by Crippen LogP contribution is -2.21. The molecule has 0 N–H and O–H groups in total. The average molecular weight is 298 g/mol. The van der Waals surface area contributed by atoms with Gasteiger partial charge in [-0.05, 0) is 66.9 Å². The van der Waals surface area contributed by atoms with E-state index in [0.717, 1.165) is 25.2 Å². The largest absolute Gasteiger partial charge is 0.299 e. The minimum Gasteiger partial charge on any atom is -0.299 e. The molecule has 1 saturated carbocycles. The maximum absolute atomic E-state index is 12.8. The lowest BCUT2D eigenvalue weighted by molar-refractivity contribution is -0.123. The maximum atomic E-state index is 12.8. The van der Waals surface area contributed by atoms with Crippen molar-refractivity contribution in [2.75, 3.05) is 0 Å². The molecule has 1 nitrogen and oxygen atoms in total. The Morgan fingerprint density at radius 2 is 1.91 bits per heavy atom. The van der Waals surface area contributed by atoms with E-state index in [-0.39, 0.29) is 0 Å². The Labute approximate surface area is 135 Å². The molecule has 22 heavy (non-hydrogen) atoms. The Hall–Kier alpha value is -1.11. The van der Waals surface area contributed by atoms with Crippen LogP contribution in [0.1, 0.15) is 76.3 Å². The van der Waals surface area contributed by atoms with Crippen molar-refractivity contribution in [2.24, 2.45) is 17.3 Å². The van der Waals surface area contributed by atoms with Crippen LogP contribution in [0.3, 0.4) is 0 Å². The number of hydrogen-bond acceptors (Lipinski definition) is 1. The minimum atomic E-state index is 0.332. The molecule has 0 saturated heterocycles. The van der Waals surface area contributed by atoms with Gasteiger partial charge in [0, 0.05) is 12.3 Å². The van der Waals surface area contributed by atoms with Crippen LogP contribution in [0.2, 0.25) is 0 Å². The first-order chi connectivity index (χ1) is 10.4. The number of benzene rings is 1. The lowest BCUT2D eigenvalue weighted by Gasteiger charge is -2.27. The molecular weight excluding hydrogens is 268 g/mol. The summed E-state index contributed by atoms with van der Waals surface area (Å²) >= 11 is 0. The third-order valence-electron chi connectivity index (χ3n) is 6.05. The van der Waals surface area contributed by atoms with Crippen molar-refractivity contribution in [2.45, 2.75) is 71.6 Å². The van der Waals surface area contributed by atoms with Gasteiger partial charge in [-0.1, -0.05) is 45.0 Å². The second kappa shape index (κ2) is 6.18. The fourth-order valence-corrected chi connectivity index (χ4v) is 4.54. The molecule has 2 aliphatic rings. The van der Waals surface area contributed by atoms with Gasteiger partial charge in [0.2, 0.25) is 0 Å². The van der Waals surface area contributed by atoms with Crippen LogP contribution in [-0.4, -0.2) is 5.78 Å². The van der Waals surface area contributed by atoms with Crippen LogP contribution in [0.25, 0.3) is 0 Å². The molecule has 3 unspecified atom stereocenters. The number of Topliss-reactive ketones (excluding diaryl/α,β-unsaturated/α-hetero) is 1. The van der Waals surface area contributed by atoms with E-state index < -0.39 is 0 Å². The summed E-state index contributed by atoms with van der Waals surface area (Å²) < 4.78 is 0. The summed E-state index contributed by atoms with van der Waals surface area (Å²) in [4.78, 5) is 12.8. The number of hydrogen-bond donors (Lipinski definition) is 0. The van der Waals surface area contributed by atoms with Crippen molar-refractivity contribution >= 4 is 5.78 Å². The van der Waals surface area contributed by atoms with E-state index in [9.17, 15) is 4.79 Å². The molecule has 1 aromatic rings. The normalized spacial score (nSPS) is 28.4. The van der Waals surface area contributed by atoms with Crippen LogP contribution in [0.15, 0.2) is 24.3 Å². The average Bonchev–Trinajstić information content (AvgIpc) is 2.98. The molecule has 0 radical (unpaired) electrons. The minimum absolute atomic E-state index is 0.332. The van der Waals surface area contributed by atoms with E-state index >= 15 is 0 Å². The zero-order chi connectivity index (χ0) is 15.7. The molecule has 0 aliphatic heterocycles. The molecule has 3 atom stereocenters. The van der Waals surface area contributed by atoms with E-state index in [1.54, 1.807) is 0 Å². The Bertz CT molecular complexity index is 537. The van der Waals surface area contributed by atoms with Crippen molar-refractivity contribution in [3.05, 3.63) is 35.4 Å². The number of carbonyl (C=O) groups is 1. The summed E-state index contributed by atoms with van der Waals surface area (Å²) in [5, 5.41) is 0. The summed E-state index contributed by atoms with van der Waals surface area (Å²) in [6.07, 6.45) is 7.88. The molecular formula is C21H30O. The third kappa shape index (κ3) is 3.29. The van der Waals surface area contributed by atoms with E-state index in [0.29, 0.717) is 23.0 Å². The quantitative estimate of drug-likeness (QED) is 0.717. The predicted molar refractivity (Wildman–Crippen MR) is 92.0 cm³/mol. The second-order valence-corrected chi connectivity index (χ2v) is 8.53. The van der Waals surface area contributed by atoms with Crippen LogP contribution < -0.4 is 0 Å². The molecule has 1 fully saturated rings. The van der Waals surface area contributed by atoms with E-state index in [4.69, 9.17) is 0 Å². The van der Waals surface area contributed by atoms with Gasteiger partial charge in [0.05, 0.1) is 0 Å². The van der Waals surface area contributed by atoms with Crippen LogP contribution >= 0.6 is 0 Å². The van der Waals surface area contributed by atoms with Crippen LogP contribution in [0.4, 0.5) is 0 Å². The Morgan fingerprint density at radius 3 is 2.64 bits per heavy atom. The fourth-order valence-electron chi connectivity index (χ4n) is 4.54. The van der Waals surface area contributed by atoms with Gasteiger partial charge in [0.15, 0.2) is 0 Å². The zero-order valence-corrected chi connectivity index (χ0v) is 14.4. The number of aryl methyl sites for hydroxylation is 1. The van der Waals surface area contributed by atoms with Gasteiger partial charge in [-0.2, -0.15) is 0 Å².